The van der Waals surface area contributed by atoms with Crippen molar-refractivity contribution in [2.24, 2.45) is 0 Å². The Hall–Kier alpha value is -2.48. The van der Waals surface area contributed by atoms with Gasteiger partial charge >= 0.3 is 0 Å². The Morgan fingerprint density at radius 2 is 1.65 bits per heavy atom. The summed E-state index contributed by atoms with van der Waals surface area (Å²) in [5, 5.41) is 13.0. The van der Waals surface area contributed by atoms with Crippen molar-refractivity contribution in [3.8, 4) is 5.75 Å². The molecule has 0 N–H and O–H groups in total. The number of halogens is 1. The number of nitrogens with zero attached hydrogens (tertiary/aromatic N) is 6. The molecule has 0 radical (unpaired) electrons. The highest BCUT2D eigenvalue weighted by Gasteiger charge is 2.33. The highest BCUT2D eigenvalue weighted by atomic mass is 35.5. The van der Waals surface area contributed by atoms with Crippen LogP contribution in [0.3, 0.4) is 0 Å². The molecule has 1 aliphatic carbocycles. The predicted molar refractivity (Wildman–Crippen MR) is 135 cm³/mol. The van der Waals surface area contributed by atoms with E-state index in [0.717, 1.165) is 43.8 Å². The second-order valence-corrected chi connectivity index (χ2v) is 9.10. The number of hydrogen-bond acceptors (Lipinski definition) is 6. The Kier molecular flexibility index (Phi) is 8.53. The third kappa shape index (κ3) is 5.59. The first-order chi connectivity index (χ1) is 16.3. The number of aromatic nitrogens is 4. The molecule has 2 fully saturated rings. The summed E-state index contributed by atoms with van der Waals surface area (Å²) in [5.74, 6) is 1.80. The molecule has 1 saturated heterocycles. The monoisotopic (exact) mass is 482 g/mol. The Morgan fingerprint density at radius 3 is 2.32 bits per heavy atom. The van der Waals surface area contributed by atoms with Crippen molar-refractivity contribution in [1.82, 2.24) is 30.0 Å². The molecule has 1 aromatic heterocycles. The van der Waals surface area contributed by atoms with Crippen LogP contribution in [0.4, 0.5) is 0 Å². The van der Waals surface area contributed by atoms with E-state index in [9.17, 15) is 0 Å². The highest BCUT2D eigenvalue weighted by Crippen LogP contribution is 2.31. The summed E-state index contributed by atoms with van der Waals surface area (Å²) in [5.41, 5.74) is 2.40. The molecule has 2 aliphatic rings. The molecule has 2 heterocycles. The molecule has 0 spiro atoms. The summed E-state index contributed by atoms with van der Waals surface area (Å²) < 4.78 is 7.64. The lowest BCUT2D eigenvalue weighted by Crippen LogP contribution is -2.51. The summed E-state index contributed by atoms with van der Waals surface area (Å²) in [7, 11) is 0. The van der Waals surface area contributed by atoms with Gasteiger partial charge < -0.3 is 4.74 Å². The fourth-order valence-corrected chi connectivity index (χ4v) is 5.34. The van der Waals surface area contributed by atoms with E-state index in [1.165, 1.54) is 36.8 Å². The molecule has 182 valence electrons. The van der Waals surface area contributed by atoms with Crippen LogP contribution in [0.25, 0.3) is 0 Å². The van der Waals surface area contributed by atoms with E-state index in [4.69, 9.17) is 4.74 Å². The fraction of sp³-hybridized carbons (Fsp3) is 0.500. The summed E-state index contributed by atoms with van der Waals surface area (Å²) in [6.07, 6.45) is 5.48. The van der Waals surface area contributed by atoms with Crippen molar-refractivity contribution in [1.29, 1.82) is 0 Å². The molecule has 8 heteroatoms. The van der Waals surface area contributed by atoms with Crippen LogP contribution in [0.2, 0.25) is 0 Å². The van der Waals surface area contributed by atoms with Crippen LogP contribution in [0.5, 0.6) is 5.75 Å². The fourth-order valence-electron chi connectivity index (χ4n) is 5.34. The third-order valence-corrected chi connectivity index (χ3v) is 7.04. The molecule has 2 aromatic carbocycles. The van der Waals surface area contributed by atoms with E-state index in [0.29, 0.717) is 13.2 Å². The largest absolute Gasteiger partial charge is 0.494 e. The maximum absolute atomic E-state index is 5.68. The van der Waals surface area contributed by atoms with E-state index < -0.39 is 0 Å². The molecule has 0 bridgehead atoms. The SMILES string of the molecule is CCOc1ccc(C(c2nnnn2Cc2ccccc2)N2CCN(C3CCCC3)CC2)cc1.Cl. The third-order valence-electron chi connectivity index (χ3n) is 7.04. The summed E-state index contributed by atoms with van der Waals surface area (Å²) >= 11 is 0. The van der Waals surface area contributed by atoms with Gasteiger partial charge in [0.05, 0.1) is 19.2 Å². The van der Waals surface area contributed by atoms with Crippen LogP contribution < -0.4 is 4.74 Å². The van der Waals surface area contributed by atoms with Gasteiger partial charge in [-0.05, 0) is 53.5 Å². The van der Waals surface area contributed by atoms with Gasteiger partial charge in [-0.25, -0.2) is 4.68 Å². The first kappa shape index (κ1) is 24.6. The van der Waals surface area contributed by atoms with E-state index in [1.54, 1.807) is 0 Å². The van der Waals surface area contributed by atoms with Crippen molar-refractivity contribution in [3.05, 3.63) is 71.5 Å². The zero-order chi connectivity index (χ0) is 22.5. The van der Waals surface area contributed by atoms with Crippen LogP contribution in [0.15, 0.2) is 54.6 Å². The smallest absolute Gasteiger partial charge is 0.173 e. The quantitative estimate of drug-likeness (QED) is 0.479. The van der Waals surface area contributed by atoms with Crippen molar-refractivity contribution >= 4 is 12.4 Å². The molecular weight excluding hydrogens is 448 g/mol. The maximum atomic E-state index is 5.68. The van der Waals surface area contributed by atoms with Gasteiger partial charge in [0.25, 0.3) is 0 Å². The molecular formula is C26H35ClN6O. The average Bonchev–Trinajstić information content (AvgIpc) is 3.55. The molecule has 3 aromatic rings. The van der Waals surface area contributed by atoms with Crippen LogP contribution in [-0.2, 0) is 6.54 Å². The van der Waals surface area contributed by atoms with Gasteiger partial charge in [0, 0.05) is 32.2 Å². The van der Waals surface area contributed by atoms with Gasteiger partial charge in [0.1, 0.15) is 5.75 Å². The molecule has 7 nitrogen and oxygen atoms in total. The number of ether oxygens (including phenoxy) is 1. The topological polar surface area (TPSA) is 59.3 Å². The lowest BCUT2D eigenvalue weighted by Gasteiger charge is -2.41. The van der Waals surface area contributed by atoms with Gasteiger partial charge in [0.15, 0.2) is 5.82 Å². The van der Waals surface area contributed by atoms with E-state index >= 15 is 0 Å². The number of rotatable bonds is 8. The van der Waals surface area contributed by atoms with E-state index in [2.05, 4.69) is 73.9 Å². The summed E-state index contributed by atoms with van der Waals surface area (Å²) in [4.78, 5) is 5.25. The average molecular weight is 483 g/mol. The summed E-state index contributed by atoms with van der Waals surface area (Å²) in [6, 6.07) is 19.7. The number of hydrogen-bond donors (Lipinski definition) is 0. The Balaban J connectivity index is 0.00000274. The number of benzene rings is 2. The maximum Gasteiger partial charge on any atom is 0.173 e. The van der Waals surface area contributed by atoms with Crippen molar-refractivity contribution in [2.75, 3.05) is 32.8 Å². The molecule has 1 atom stereocenters. The molecule has 1 unspecified atom stereocenters. The van der Waals surface area contributed by atoms with Gasteiger partial charge in [0.2, 0.25) is 0 Å². The minimum atomic E-state index is 0. The molecule has 0 amide bonds. The van der Waals surface area contributed by atoms with Crippen molar-refractivity contribution in [2.45, 2.75) is 51.2 Å². The zero-order valence-electron chi connectivity index (χ0n) is 19.9. The van der Waals surface area contributed by atoms with Crippen molar-refractivity contribution < 1.29 is 4.74 Å². The van der Waals surface area contributed by atoms with Crippen LogP contribution >= 0.6 is 12.4 Å². The molecule has 1 saturated carbocycles. The van der Waals surface area contributed by atoms with Gasteiger partial charge in [-0.2, -0.15) is 0 Å². The molecule has 5 rings (SSSR count). The van der Waals surface area contributed by atoms with E-state index in [-0.39, 0.29) is 18.4 Å². The number of piperazine rings is 1. The second-order valence-electron chi connectivity index (χ2n) is 9.10. The lowest BCUT2D eigenvalue weighted by molar-refractivity contribution is 0.0771. The Labute approximate surface area is 208 Å². The predicted octanol–water partition coefficient (Wildman–Crippen LogP) is 4.19. The first-order valence-electron chi connectivity index (χ1n) is 12.3. The normalized spacial score (nSPS) is 18.5. The van der Waals surface area contributed by atoms with Crippen LogP contribution in [0, 0.1) is 0 Å². The number of tetrazole rings is 1. The Morgan fingerprint density at radius 1 is 0.941 bits per heavy atom. The van der Waals surface area contributed by atoms with Gasteiger partial charge in [-0.1, -0.05) is 55.3 Å². The molecule has 34 heavy (non-hydrogen) atoms. The van der Waals surface area contributed by atoms with Crippen LogP contribution in [-0.4, -0.2) is 68.8 Å². The summed E-state index contributed by atoms with van der Waals surface area (Å²) in [6.45, 7) is 7.61. The minimum absolute atomic E-state index is 0. The zero-order valence-corrected chi connectivity index (χ0v) is 20.7. The van der Waals surface area contributed by atoms with Crippen molar-refractivity contribution in [3.63, 3.8) is 0 Å². The minimum Gasteiger partial charge on any atom is -0.494 e. The standard InChI is InChI=1S/C26H34N6O.ClH/c1-2-33-24-14-12-22(13-15-24)25(31-18-16-30(17-19-31)23-10-6-7-11-23)26-27-28-29-32(26)20-21-8-4-3-5-9-21;/h3-5,8-9,12-15,23,25H,2,6-7,10-11,16-20H2,1H3;1H. The van der Waals surface area contributed by atoms with Gasteiger partial charge in [-0.15, -0.1) is 17.5 Å². The van der Waals surface area contributed by atoms with Crippen LogP contribution in [0.1, 0.15) is 55.6 Å². The Bertz CT molecular complexity index is 998. The van der Waals surface area contributed by atoms with E-state index in [1.807, 2.05) is 17.7 Å². The van der Waals surface area contributed by atoms with Gasteiger partial charge in [-0.3, -0.25) is 9.80 Å². The lowest BCUT2D eigenvalue weighted by atomic mass is 10.0. The highest BCUT2D eigenvalue weighted by molar-refractivity contribution is 5.85. The second kappa shape index (κ2) is 11.8. The molecule has 1 aliphatic heterocycles. The first-order valence-corrected chi connectivity index (χ1v) is 12.3.